The van der Waals surface area contributed by atoms with Gasteiger partial charge in [-0.25, -0.2) is 9.97 Å². The minimum Gasteiger partial charge on any atom is -0.354 e. The van der Waals surface area contributed by atoms with E-state index in [0.717, 1.165) is 25.5 Å². The highest BCUT2D eigenvalue weighted by Crippen LogP contribution is 2.23. The van der Waals surface area contributed by atoms with Gasteiger partial charge in [0.05, 0.1) is 11.1 Å². The minimum atomic E-state index is 0.119. The van der Waals surface area contributed by atoms with Crippen molar-refractivity contribution in [1.82, 2.24) is 20.6 Å². The Morgan fingerprint density at radius 1 is 0.970 bits per heavy atom. The first-order valence-corrected chi connectivity index (χ1v) is 11.6. The van der Waals surface area contributed by atoms with E-state index in [0.29, 0.717) is 21.7 Å². The van der Waals surface area contributed by atoms with Crippen LogP contribution in [0.15, 0.2) is 36.7 Å². The van der Waals surface area contributed by atoms with Crippen LogP contribution in [0.3, 0.4) is 0 Å². The second-order valence-electron chi connectivity index (χ2n) is 9.68. The number of piperidine rings is 1. The SMILES string of the molecule is CC1(C)CCCNC1.CC1(C)CN(c2ccc(C#N)cn2)CCN1.N#Cc1ccc(Cl)nc1. The van der Waals surface area contributed by atoms with Crippen LogP contribution in [0.2, 0.25) is 5.15 Å². The molecule has 2 aromatic rings. The number of hydrogen-bond acceptors (Lipinski definition) is 7. The van der Waals surface area contributed by atoms with Gasteiger partial charge in [-0.05, 0) is 62.9 Å². The van der Waals surface area contributed by atoms with Crippen LogP contribution in [-0.4, -0.2) is 48.2 Å². The third-order valence-electron chi connectivity index (χ3n) is 5.44. The van der Waals surface area contributed by atoms with E-state index in [1.807, 2.05) is 18.2 Å². The van der Waals surface area contributed by atoms with E-state index in [1.54, 1.807) is 18.3 Å². The number of nitriles is 2. The average molecular weight is 468 g/mol. The maximum absolute atomic E-state index is 8.71. The Morgan fingerprint density at radius 2 is 1.64 bits per heavy atom. The van der Waals surface area contributed by atoms with Crippen LogP contribution in [0, 0.1) is 28.1 Å². The summed E-state index contributed by atoms with van der Waals surface area (Å²) in [6.45, 7) is 14.3. The fourth-order valence-electron chi connectivity index (χ4n) is 3.63. The maximum atomic E-state index is 8.71. The summed E-state index contributed by atoms with van der Waals surface area (Å²) >= 11 is 5.45. The predicted octanol–water partition coefficient (Wildman–Crippen LogP) is 4.14. The molecule has 33 heavy (non-hydrogen) atoms. The van der Waals surface area contributed by atoms with Crippen LogP contribution >= 0.6 is 11.6 Å². The van der Waals surface area contributed by atoms with E-state index in [-0.39, 0.29) is 5.54 Å². The zero-order chi connectivity index (χ0) is 24.3. The van der Waals surface area contributed by atoms with Crippen molar-refractivity contribution >= 4 is 17.4 Å². The van der Waals surface area contributed by atoms with E-state index in [9.17, 15) is 0 Å². The number of pyridine rings is 2. The van der Waals surface area contributed by atoms with Crippen molar-refractivity contribution in [2.75, 3.05) is 37.6 Å². The lowest BCUT2D eigenvalue weighted by Crippen LogP contribution is -2.57. The summed E-state index contributed by atoms with van der Waals surface area (Å²) in [5.41, 5.74) is 1.82. The number of nitrogens with zero attached hydrogens (tertiary/aromatic N) is 5. The molecular formula is C25H34ClN7. The Morgan fingerprint density at radius 3 is 2.06 bits per heavy atom. The molecule has 4 heterocycles. The molecule has 0 atom stereocenters. The third kappa shape index (κ3) is 9.75. The van der Waals surface area contributed by atoms with Gasteiger partial charge >= 0.3 is 0 Å². The topological polar surface area (TPSA) is 101 Å². The first-order valence-electron chi connectivity index (χ1n) is 11.2. The monoisotopic (exact) mass is 467 g/mol. The van der Waals surface area contributed by atoms with Crippen molar-refractivity contribution in [1.29, 1.82) is 10.5 Å². The van der Waals surface area contributed by atoms with Crippen molar-refractivity contribution in [3.63, 3.8) is 0 Å². The predicted molar refractivity (Wildman–Crippen MR) is 133 cm³/mol. The molecule has 0 aromatic carbocycles. The number of piperazine rings is 1. The lowest BCUT2D eigenvalue weighted by atomic mass is 9.85. The van der Waals surface area contributed by atoms with Crippen molar-refractivity contribution in [2.45, 2.75) is 46.1 Å². The van der Waals surface area contributed by atoms with Crippen LogP contribution in [0.5, 0.6) is 0 Å². The molecule has 0 saturated carbocycles. The molecule has 7 nitrogen and oxygen atoms in total. The first kappa shape index (κ1) is 26.5. The highest BCUT2D eigenvalue weighted by atomic mass is 35.5. The minimum absolute atomic E-state index is 0.119. The van der Waals surface area contributed by atoms with Gasteiger partial charge in [0.15, 0.2) is 0 Å². The summed E-state index contributed by atoms with van der Waals surface area (Å²) in [4.78, 5) is 10.3. The fraction of sp³-hybridized carbons (Fsp3) is 0.520. The zero-order valence-corrected chi connectivity index (χ0v) is 20.8. The second-order valence-corrected chi connectivity index (χ2v) is 10.1. The third-order valence-corrected chi connectivity index (χ3v) is 5.66. The van der Waals surface area contributed by atoms with Crippen LogP contribution in [0.1, 0.15) is 51.7 Å². The van der Waals surface area contributed by atoms with Gasteiger partial charge in [-0.1, -0.05) is 25.4 Å². The number of aromatic nitrogens is 2. The molecule has 0 bridgehead atoms. The van der Waals surface area contributed by atoms with Crippen LogP contribution in [0.4, 0.5) is 5.82 Å². The van der Waals surface area contributed by atoms with Gasteiger partial charge in [0.1, 0.15) is 23.1 Å². The van der Waals surface area contributed by atoms with Gasteiger partial charge in [0.25, 0.3) is 0 Å². The summed E-state index contributed by atoms with van der Waals surface area (Å²) in [5, 5.41) is 24.2. The fourth-order valence-corrected chi connectivity index (χ4v) is 3.74. The number of hydrogen-bond donors (Lipinski definition) is 2. The van der Waals surface area contributed by atoms with Crippen molar-refractivity contribution < 1.29 is 0 Å². The van der Waals surface area contributed by atoms with Gasteiger partial charge in [0.2, 0.25) is 0 Å². The average Bonchev–Trinajstić information content (AvgIpc) is 2.80. The lowest BCUT2D eigenvalue weighted by molar-refractivity contribution is 0.265. The Balaban J connectivity index is 0.000000192. The Bertz CT molecular complexity index is 933. The molecule has 0 spiro atoms. The molecule has 2 saturated heterocycles. The van der Waals surface area contributed by atoms with Crippen LogP contribution < -0.4 is 15.5 Å². The van der Waals surface area contributed by atoms with E-state index in [2.05, 4.69) is 59.3 Å². The number of anilines is 1. The Hall–Kier alpha value is -2.71. The highest BCUT2D eigenvalue weighted by molar-refractivity contribution is 6.29. The molecule has 2 aromatic heterocycles. The standard InChI is InChI=1S/C12H16N4.C7H15N.C6H3ClN2/c1-12(2)9-16(6-5-15-12)11-4-3-10(7-13)8-14-11;1-7(2)4-3-5-8-6-7;7-6-2-1-5(3-8)4-9-6/h3-4,8,15H,5-6,9H2,1-2H3;8H,3-6H2,1-2H3;1-2,4H. The Kier molecular flexibility index (Phi) is 10.1. The van der Waals surface area contributed by atoms with Gasteiger partial charge in [-0.3, -0.25) is 0 Å². The van der Waals surface area contributed by atoms with E-state index in [1.165, 1.54) is 32.1 Å². The molecule has 0 unspecified atom stereocenters. The number of rotatable bonds is 1. The maximum Gasteiger partial charge on any atom is 0.129 e. The zero-order valence-electron chi connectivity index (χ0n) is 20.0. The number of halogens is 1. The molecule has 2 fully saturated rings. The van der Waals surface area contributed by atoms with Crippen molar-refractivity contribution in [2.24, 2.45) is 5.41 Å². The summed E-state index contributed by atoms with van der Waals surface area (Å²) in [5.74, 6) is 0.952. The largest absolute Gasteiger partial charge is 0.354 e. The second kappa shape index (κ2) is 12.5. The molecule has 2 aliphatic rings. The van der Waals surface area contributed by atoms with E-state index >= 15 is 0 Å². The molecule has 4 rings (SSSR count). The van der Waals surface area contributed by atoms with Gasteiger partial charge in [-0.2, -0.15) is 10.5 Å². The summed E-state index contributed by atoms with van der Waals surface area (Å²) in [6, 6.07) is 11.0. The molecule has 2 N–H and O–H groups in total. The summed E-state index contributed by atoms with van der Waals surface area (Å²) < 4.78 is 0. The first-order chi connectivity index (χ1) is 15.6. The molecule has 0 amide bonds. The molecule has 0 radical (unpaired) electrons. The smallest absolute Gasteiger partial charge is 0.129 e. The quantitative estimate of drug-likeness (QED) is 0.607. The van der Waals surface area contributed by atoms with Crippen LogP contribution in [0.25, 0.3) is 0 Å². The van der Waals surface area contributed by atoms with E-state index in [4.69, 9.17) is 22.1 Å². The van der Waals surface area contributed by atoms with E-state index < -0.39 is 0 Å². The van der Waals surface area contributed by atoms with Gasteiger partial charge < -0.3 is 15.5 Å². The van der Waals surface area contributed by atoms with Gasteiger partial charge in [0, 0.05) is 44.1 Å². The number of nitrogens with one attached hydrogen (secondary N) is 2. The highest BCUT2D eigenvalue weighted by Gasteiger charge is 2.26. The molecule has 176 valence electrons. The van der Waals surface area contributed by atoms with Crippen LogP contribution in [-0.2, 0) is 0 Å². The summed E-state index contributed by atoms with van der Waals surface area (Å²) in [6.07, 6.45) is 5.81. The lowest BCUT2D eigenvalue weighted by Gasteiger charge is -2.39. The molecule has 0 aliphatic carbocycles. The van der Waals surface area contributed by atoms with Crippen molar-refractivity contribution in [3.05, 3.63) is 52.9 Å². The Labute approximate surface area is 202 Å². The molecule has 2 aliphatic heterocycles. The molecule has 8 heteroatoms. The molecular weight excluding hydrogens is 434 g/mol. The van der Waals surface area contributed by atoms with Gasteiger partial charge in [-0.15, -0.1) is 0 Å². The van der Waals surface area contributed by atoms with Crippen molar-refractivity contribution in [3.8, 4) is 12.1 Å². The summed E-state index contributed by atoms with van der Waals surface area (Å²) in [7, 11) is 0. The normalized spacial score (nSPS) is 18.3.